The van der Waals surface area contributed by atoms with Gasteiger partial charge in [-0.2, -0.15) is 4.37 Å². The van der Waals surface area contributed by atoms with Crippen LogP contribution in [0.5, 0.6) is 5.75 Å². The van der Waals surface area contributed by atoms with E-state index in [1.54, 1.807) is 24.3 Å². The molecular formula is C13H7ClFNOS. The number of aromatic nitrogens is 1. The van der Waals surface area contributed by atoms with Crippen LogP contribution in [0.25, 0.3) is 21.3 Å². The molecule has 0 saturated carbocycles. The van der Waals surface area contributed by atoms with Gasteiger partial charge < -0.3 is 5.11 Å². The summed E-state index contributed by atoms with van der Waals surface area (Å²) >= 11 is 7.14. The third-order valence-corrected chi connectivity index (χ3v) is 4.06. The van der Waals surface area contributed by atoms with E-state index in [0.29, 0.717) is 16.0 Å². The van der Waals surface area contributed by atoms with Crippen LogP contribution in [0.2, 0.25) is 5.02 Å². The van der Waals surface area contributed by atoms with Gasteiger partial charge in [-0.3, -0.25) is 0 Å². The summed E-state index contributed by atoms with van der Waals surface area (Å²) < 4.78 is 18.6. The molecule has 0 atom stereocenters. The van der Waals surface area contributed by atoms with Gasteiger partial charge in [0.05, 0.1) is 10.4 Å². The molecule has 1 heterocycles. The van der Waals surface area contributed by atoms with E-state index in [1.807, 2.05) is 0 Å². The molecule has 2 aromatic carbocycles. The number of aromatic hydroxyl groups is 1. The van der Waals surface area contributed by atoms with Crippen molar-refractivity contribution >= 4 is 33.2 Å². The van der Waals surface area contributed by atoms with Crippen LogP contribution in [-0.2, 0) is 0 Å². The SMILES string of the molecule is Oc1ccc2c(-c3ccccc3F)nsc2c1Cl. The van der Waals surface area contributed by atoms with Crippen molar-refractivity contribution in [3.05, 3.63) is 47.2 Å². The lowest BCUT2D eigenvalue weighted by Crippen LogP contribution is -1.83. The minimum Gasteiger partial charge on any atom is -0.506 e. The van der Waals surface area contributed by atoms with Crippen LogP contribution in [0.15, 0.2) is 36.4 Å². The lowest BCUT2D eigenvalue weighted by atomic mass is 10.1. The topological polar surface area (TPSA) is 33.1 Å². The Morgan fingerprint density at radius 2 is 1.94 bits per heavy atom. The fraction of sp³-hybridized carbons (Fsp3) is 0. The van der Waals surface area contributed by atoms with Gasteiger partial charge in [-0.1, -0.05) is 23.7 Å². The number of benzene rings is 2. The van der Waals surface area contributed by atoms with Gasteiger partial charge in [-0.15, -0.1) is 0 Å². The number of hydrogen-bond donors (Lipinski definition) is 1. The van der Waals surface area contributed by atoms with Crippen molar-refractivity contribution in [2.24, 2.45) is 0 Å². The first-order valence-corrected chi connectivity index (χ1v) is 6.35. The lowest BCUT2D eigenvalue weighted by molar-refractivity contribution is 0.476. The minimum absolute atomic E-state index is 0.00732. The molecule has 5 heteroatoms. The van der Waals surface area contributed by atoms with Crippen LogP contribution < -0.4 is 0 Å². The Labute approximate surface area is 111 Å². The van der Waals surface area contributed by atoms with E-state index in [0.717, 1.165) is 16.9 Å². The summed E-state index contributed by atoms with van der Waals surface area (Å²) in [4.78, 5) is 0. The van der Waals surface area contributed by atoms with E-state index >= 15 is 0 Å². The summed E-state index contributed by atoms with van der Waals surface area (Å²) in [5.74, 6) is -0.318. The molecule has 0 saturated heterocycles. The summed E-state index contributed by atoms with van der Waals surface area (Å²) in [6, 6.07) is 9.64. The molecule has 0 amide bonds. The van der Waals surface area contributed by atoms with Gasteiger partial charge in [-0.05, 0) is 35.8 Å². The molecule has 1 aromatic heterocycles. The summed E-state index contributed by atoms with van der Waals surface area (Å²) in [6.45, 7) is 0. The summed E-state index contributed by atoms with van der Waals surface area (Å²) in [5.41, 5.74) is 0.987. The van der Waals surface area contributed by atoms with Crippen molar-refractivity contribution in [3.8, 4) is 17.0 Å². The van der Waals surface area contributed by atoms with Gasteiger partial charge in [0, 0.05) is 10.9 Å². The summed E-state index contributed by atoms with van der Waals surface area (Å²) in [6.07, 6.45) is 0. The van der Waals surface area contributed by atoms with Crippen molar-refractivity contribution in [2.45, 2.75) is 0 Å². The molecule has 0 spiro atoms. The highest BCUT2D eigenvalue weighted by molar-refractivity contribution is 7.14. The molecule has 90 valence electrons. The average Bonchev–Trinajstić information content (AvgIpc) is 2.79. The van der Waals surface area contributed by atoms with Gasteiger partial charge in [-0.25, -0.2) is 4.39 Å². The minimum atomic E-state index is -0.325. The first-order chi connectivity index (χ1) is 8.68. The Balaban J connectivity index is 2.32. The maximum atomic E-state index is 13.7. The molecule has 3 rings (SSSR count). The van der Waals surface area contributed by atoms with Crippen molar-refractivity contribution in [3.63, 3.8) is 0 Å². The van der Waals surface area contributed by atoms with E-state index in [4.69, 9.17) is 11.6 Å². The van der Waals surface area contributed by atoms with E-state index < -0.39 is 0 Å². The molecule has 0 aliphatic rings. The Kier molecular flexibility index (Phi) is 2.69. The number of fused-ring (bicyclic) bond motifs is 1. The highest BCUT2D eigenvalue weighted by atomic mass is 35.5. The quantitative estimate of drug-likeness (QED) is 0.713. The molecule has 18 heavy (non-hydrogen) atoms. The number of phenols is 1. The van der Waals surface area contributed by atoms with Crippen LogP contribution in [0.4, 0.5) is 4.39 Å². The predicted molar refractivity (Wildman–Crippen MR) is 71.7 cm³/mol. The molecule has 2 nitrogen and oxygen atoms in total. The number of rotatable bonds is 1. The highest BCUT2D eigenvalue weighted by Crippen LogP contribution is 2.39. The predicted octanol–water partition coefficient (Wildman–Crippen LogP) is 4.46. The third kappa shape index (κ3) is 1.65. The van der Waals surface area contributed by atoms with E-state index in [9.17, 15) is 9.50 Å². The molecule has 0 bridgehead atoms. The molecule has 0 aliphatic heterocycles. The fourth-order valence-corrected chi connectivity index (χ4v) is 2.90. The third-order valence-electron chi connectivity index (χ3n) is 2.69. The fourth-order valence-electron chi connectivity index (χ4n) is 1.81. The zero-order valence-electron chi connectivity index (χ0n) is 9.02. The molecule has 0 unspecified atom stereocenters. The number of phenolic OH excluding ortho intramolecular Hbond substituents is 1. The Morgan fingerprint density at radius 3 is 2.72 bits per heavy atom. The zero-order valence-corrected chi connectivity index (χ0v) is 10.6. The van der Waals surface area contributed by atoms with E-state index in [2.05, 4.69) is 4.37 Å². The van der Waals surface area contributed by atoms with Crippen LogP contribution in [0, 0.1) is 5.82 Å². The van der Waals surface area contributed by atoms with Crippen LogP contribution in [-0.4, -0.2) is 9.48 Å². The molecule has 1 N–H and O–H groups in total. The van der Waals surface area contributed by atoms with Crippen molar-refractivity contribution < 1.29 is 9.50 Å². The normalized spacial score (nSPS) is 11.0. The molecular weight excluding hydrogens is 273 g/mol. The zero-order chi connectivity index (χ0) is 12.7. The maximum Gasteiger partial charge on any atom is 0.135 e. The van der Waals surface area contributed by atoms with Crippen LogP contribution in [0.1, 0.15) is 0 Å². The maximum absolute atomic E-state index is 13.7. The molecule has 3 aromatic rings. The first kappa shape index (κ1) is 11.4. The monoisotopic (exact) mass is 279 g/mol. The van der Waals surface area contributed by atoms with Gasteiger partial charge in [0.1, 0.15) is 16.6 Å². The molecule has 0 radical (unpaired) electrons. The Bertz CT molecular complexity index is 741. The summed E-state index contributed by atoms with van der Waals surface area (Å²) in [7, 11) is 0. The van der Waals surface area contributed by atoms with Crippen LogP contribution in [0.3, 0.4) is 0 Å². The highest BCUT2D eigenvalue weighted by Gasteiger charge is 2.15. The van der Waals surface area contributed by atoms with Crippen molar-refractivity contribution in [1.82, 2.24) is 4.37 Å². The second kappa shape index (κ2) is 4.23. The number of hydrogen-bond acceptors (Lipinski definition) is 3. The molecule has 0 fully saturated rings. The second-order valence-electron chi connectivity index (χ2n) is 3.79. The second-order valence-corrected chi connectivity index (χ2v) is 4.94. The number of halogens is 2. The van der Waals surface area contributed by atoms with Gasteiger partial charge in [0.2, 0.25) is 0 Å². The standard InChI is InChI=1S/C13H7ClFNOS/c14-11-10(17)6-5-8-12(16-18-13(8)11)7-3-1-2-4-9(7)15/h1-6,17H. The van der Waals surface area contributed by atoms with E-state index in [-0.39, 0.29) is 16.6 Å². The van der Waals surface area contributed by atoms with E-state index in [1.165, 1.54) is 12.1 Å². The summed E-state index contributed by atoms with van der Waals surface area (Å²) in [5, 5.41) is 10.5. The Hall–Kier alpha value is -1.65. The number of nitrogens with zero attached hydrogens (tertiary/aromatic N) is 1. The Morgan fingerprint density at radius 1 is 1.17 bits per heavy atom. The van der Waals surface area contributed by atoms with Gasteiger partial charge >= 0.3 is 0 Å². The average molecular weight is 280 g/mol. The van der Waals surface area contributed by atoms with Crippen molar-refractivity contribution in [2.75, 3.05) is 0 Å². The smallest absolute Gasteiger partial charge is 0.135 e. The molecule has 0 aliphatic carbocycles. The van der Waals surface area contributed by atoms with Gasteiger partial charge in [0.15, 0.2) is 0 Å². The van der Waals surface area contributed by atoms with Crippen molar-refractivity contribution in [1.29, 1.82) is 0 Å². The first-order valence-electron chi connectivity index (χ1n) is 5.20. The largest absolute Gasteiger partial charge is 0.506 e. The van der Waals surface area contributed by atoms with Crippen LogP contribution >= 0.6 is 23.1 Å². The van der Waals surface area contributed by atoms with Gasteiger partial charge in [0.25, 0.3) is 0 Å². The lowest BCUT2D eigenvalue weighted by Gasteiger charge is -2.01.